The van der Waals surface area contributed by atoms with E-state index in [1.54, 1.807) is 36.0 Å². The van der Waals surface area contributed by atoms with Gasteiger partial charge in [-0.25, -0.2) is 0 Å². The average molecular weight is 266 g/mol. The fourth-order valence-electron chi connectivity index (χ4n) is 1.56. The molecule has 0 aliphatic rings. The highest BCUT2D eigenvalue weighted by Gasteiger charge is 2.15. The largest absolute Gasteiger partial charge is 0.366 e. The Labute approximate surface area is 111 Å². The summed E-state index contributed by atoms with van der Waals surface area (Å²) >= 11 is 1.74. The minimum Gasteiger partial charge on any atom is -0.366 e. The van der Waals surface area contributed by atoms with Gasteiger partial charge in [-0.1, -0.05) is 12.1 Å². The van der Waals surface area contributed by atoms with Crippen molar-refractivity contribution in [3.8, 4) is 0 Å². The van der Waals surface area contributed by atoms with Crippen LogP contribution >= 0.6 is 11.8 Å². The molecule has 0 aliphatic heterocycles. The second-order valence-corrected chi connectivity index (χ2v) is 5.05. The van der Waals surface area contributed by atoms with Gasteiger partial charge in [0, 0.05) is 6.04 Å². The van der Waals surface area contributed by atoms with Crippen molar-refractivity contribution in [3.05, 3.63) is 35.4 Å². The van der Waals surface area contributed by atoms with E-state index in [0.717, 1.165) is 12.2 Å². The topological polar surface area (TPSA) is 72.2 Å². The van der Waals surface area contributed by atoms with Gasteiger partial charge in [-0.15, -0.1) is 0 Å². The number of nitrogens with one attached hydrogen (secondary N) is 1. The molecule has 4 nitrogen and oxygen atoms in total. The fourth-order valence-corrected chi connectivity index (χ4v) is 2.15. The smallest absolute Gasteiger partial charge is 0.252 e. The molecule has 5 heteroatoms. The van der Waals surface area contributed by atoms with Gasteiger partial charge in [0.15, 0.2) is 0 Å². The average Bonchev–Trinajstić information content (AvgIpc) is 2.36. The summed E-state index contributed by atoms with van der Waals surface area (Å²) in [5, 5.41) is 2.87. The van der Waals surface area contributed by atoms with Crippen molar-refractivity contribution < 1.29 is 9.59 Å². The van der Waals surface area contributed by atoms with Gasteiger partial charge in [-0.05, 0) is 37.5 Å². The number of benzene rings is 1. The monoisotopic (exact) mass is 266 g/mol. The molecule has 1 atom stereocenters. The highest BCUT2D eigenvalue weighted by molar-refractivity contribution is 7.98. The Kier molecular flexibility index (Phi) is 5.71. The van der Waals surface area contributed by atoms with Gasteiger partial charge in [0.25, 0.3) is 5.91 Å². The number of hydrogen-bond acceptors (Lipinski definition) is 3. The molecule has 3 N–H and O–H groups in total. The van der Waals surface area contributed by atoms with Crippen molar-refractivity contribution in [2.75, 3.05) is 12.0 Å². The van der Waals surface area contributed by atoms with E-state index in [0.29, 0.717) is 5.56 Å². The van der Waals surface area contributed by atoms with Gasteiger partial charge in [0.1, 0.15) is 0 Å². The Hall–Kier alpha value is -1.49. The predicted octanol–water partition coefficient (Wildman–Crippen LogP) is 1.66. The van der Waals surface area contributed by atoms with Gasteiger partial charge in [-0.3, -0.25) is 9.59 Å². The molecule has 0 fully saturated rings. The first kappa shape index (κ1) is 14.6. The zero-order valence-corrected chi connectivity index (χ0v) is 11.4. The maximum Gasteiger partial charge on any atom is 0.252 e. The Morgan fingerprint density at radius 1 is 1.33 bits per heavy atom. The van der Waals surface area contributed by atoms with Crippen LogP contribution in [0.3, 0.4) is 0 Å². The van der Waals surface area contributed by atoms with Gasteiger partial charge in [0.2, 0.25) is 5.91 Å². The number of rotatable bonds is 6. The first-order chi connectivity index (χ1) is 8.56. The van der Waals surface area contributed by atoms with E-state index in [1.165, 1.54) is 0 Å². The summed E-state index contributed by atoms with van der Waals surface area (Å²) in [5.74, 6) is 0.148. The number of thioether (sulfide) groups is 1. The van der Waals surface area contributed by atoms with Crippen LogP contribution in [0.2, 0.25) is 0 Å². The summed E-state index contributed by atoms with van der Waals surface area (Å²) in [6.45, 7) is 1.95. The minimum atomic E-state index is -0.586. The van der Waals surface area contributed by atoms with Crippen LogP contribution in [-0.4, -0.2) is 29.9 Å². The summed E-state index contributed by atoms with van der Waals surface area (Å²) in [6.07, 6.45) is 2.92. The lowest BCUT2D eigenvalue weighted by molar-refractivity contribution is 0.0924. The van der Waals surface area contributed by atoms with E-state index in [4.69, 9.17) is 5.73 Å². The van der Waals surface area contributed by atoms with Crippen molar-refractivity contribution in [2.45, 2.75) is 19.4 Å². The molecule has 1 rings (SSSR count). The summed E-state index contributed by atoms with van der Waals surface area (Å²) in [7, 11) is 0. The molecule has 0 bridgehead atoms. The SMILES string of the molecule is CSCCC(C)NC(=O)c1ccccc1C(N)=O. The summed E-state index contributed by atoms with van der Waals surface area (Å²) in [4.78, 5) is 23.2. The standard InChI is InChI=1S/C13H18N2O2S/c1-9(7-8-18-2)15-13(17)11-6-4-3-5-10(11)12(14)16/h3-6,9H,7-8H2,1-2H3,(H2,14,16)(H,15,17). The number of amides is 2. The summed E-state index contributed by atoms with van der Waals surface area (Å²) in [6, 6.07) is 6.65. The number of carbonyl (C=O) groups is 2. The van der Waals surface area contributed by atoms with Crippen molar-refractivity contribution in [2.24, 2.45) is 5.73 Å². The maximum atomic E-state index is 12.0. The molecule has 0 spiro atoms. The molecular weight excluding hydrogens is 248 g/mol. The van der Waals surface area contributed by atoms with Crippen LogP contribution < -0.4 is 11.1 Å². The van der Waals surface area contributed by atoms with Crippen molar-refractivity contribution in [1.82, 2.24) is 5.32 Å². The summed E-state index contributed by atoms with van der Waals surface area (Å²) < 4.78 is 0. The zero-order valence-electron chi connectivity index (χ0n) is 10.6. The van der Waals surface area contributed by atoms with Gasteiger partial charge in [0.05, 0.1) is 11.1 Å². The molecule has 0 saturated carbocycles. The Bertz CT molecular complexity index is 435. The molecular formula is C13H18N2O2S. The predicted molar refractivity (Wildman–Crippen MR) is 74.9 cm³/mol. The second kappa shape index (κ2) is 7.06. The van der Waals surface area contributed by atoms with Crippen molar-refractivity contribution in [3.63, 3.8) is 0 Å². The zero-order chi connectivity index (χ0) is 13.5. The minimum absolute atomic E-state index is 0.0749. The molecule has 0 aromatic heterocycles. The van der Waals surface area contributed by atoms with Gasteiger partial charge < -0.3 is 11.1 Å². The molecule has 0 saturated heterocycles. The molecule has 1 aromatic rings. The fraction of sp³-hybridized carbons (Fsp3) is 0.385. The van der Waals surface area contributed by atoms with E-state index in [9.17, 15) is 9.59 Å². The van der Waals surface area contributed by atoms with E-state index < -0.39 is 5.91 Å². The number of carbonyl (C=O) groups excluding carboxylic acids is 2. The molecule has 18 heavy (non-hydrogen) atoms. The Morgan fingerprint density at radius 2 is 1.94 bits per heavy atom. The Morgan fingerprint density at radius 3 is 2.50 bits per heavy atom. The molecule has 98 valence electrons. The highest BCUT2D eigenvalue weighted by Crippen LogP contribution is 2.09. The Balaban J connectivity index is 2.75. The number of nitrogens with two attached hydrogens (primary N) is 1. The molecule has 2 amide bonds. The van der Waals surface area contributed by atoms with Gasteiger partial charge >= 0.3 is 0 Å². The quantitative estimate of drug-likeness (QED) is 0.822. The van der Waals surface area contributed by atoms with E-state index in [-0.39, 0.29) is 17.5 Å². The molecule has 0 radical (unpaired) electrons. The lowest BCUT2D eigenvalue weighted by Crippen LogP contribution is -2.34. The summed E-state index contributed by atoms with van der Waals surface area (Å²) in [5.41, 5.74) is 5.83. The van der Waals surface area contributed by atoms with Crippen molar-refractivity contribution >= 4 is 23.6 Å². The van der Waals surface area contributed by atoms with Crippen LogP contribution in [0.4, 0.5) is 0 Å². The second-order valence-electron chi connectivity index (χ2n) is 4.07. The van der Waals surface area contributed by atoms with Crippen LogP contribution in [-0.2, 0) is 0 Å². The lowest BCUT2D eigenvalue weighted by Gasteiger charge is -2.14. The van der Waals surface area contributed by atoms with Crippen LogP contribution in [0.25, 0.3) is 0 Å². The van der Waals surface area contributed by atoms with Crippen molar-refractivity contribution in [1.29, 1.82) is 0 Å². The van der Waals surface area contributed by atoms with Crippen LogP contribution in [0.1, 0.15) is 34.1 Å². The van der Waals surface area contributed by atoms with E-state index in [2.05, 4.69) is 5.32 Å². The van der Waals surface area contributed by atoms with Gasteiger partial charge in [-0.2, -0.15) is 11.8 Å². The van der Waals surface area contributed by atoms with E-state index >= 15 is 0 Å². The normalized spacial score (nSPS) is 11.9. The highest BCUT2D eigenvalue weighted by atomic mass is 32.2. The first-order valence-electron chi connectivity index (χ1n) is 5.75. The number of primary amides is 1. The first-order valence-corrected chi connectivity index (χ1v) is 7.14. The third kappa shape index (κ3) is 4.07. The molecule has 0 aliphatic carbocycles. The lowest BCUT2D eigenvalue weighted by atomic mass is 10.1. The molecule has 1 unspecified atom stereocenters. The molecule has 1 aromatic carbocycles. The number of hydrogen-bond donors (Lipinski definition) is 2. The van der Waals surface area contributed by atoms with E-state index in [1.807, 2.05) is 13.2 Å². The third-order valence-corrected chi connectivity index (χ3v) is 3.21. The molecule has 0 heterocycles. The third-order valence-electron chi connectivity index (χ3n) is 2.57. The van der Waals surface area contributed by atoms with Crippen LogP contribution in [0, 0.1) is 0 Å². The van der Waals surface area contributed by atoms with Crippen LogP contribution in [0.15, 0.2) is 24.3 Å². The maximum absolute atomic E-state index is 12.0. The van der Waals surface area contributed by atoms with Crippen LogP contribution in [0.5, 0.6) is 0 Å².